The van der Waals surface area contributed by atoms with Gasteiger partial charge in [-0.05, 0) is 30.5 Å². The van der Waals surface area contributed by atoms with Crippen molar-refractivity contribution in [1.82, 2.24) is 9.97 Å². The first-order valence-electron chi connectivity index (χ1n) is 6.30. The summed E-state index contributed by atoms with van der Waals surface area (Å²) < 4.78 is 30.2. The minimum absolute atomic E-state index is 0.368. The number of imidazole rings is 1. The number of halogens is 3. The molecule has 1 aliphatic carbocycles. The van der Waals surface area contributed by atoms with E-state index in [0.717, 1.165) is 15.9 Å². The van der Waals surface area contributed by atoms with Crippen LogP contribution in [0.15, 0.2) is 41.1 Å². The Kier molecular flexibility index (Phi) is 3.60. The molecule has 1 aromatic heterocycles. The fraction of sp³-hybridized carbons (Fsp3) is 0.357. The van der Waals surface area contributed by atoms with Crippen molar-refractivity contribution in [2.24, 2.45) is 0 Å². The maximum absolute atomic E-state index is 12.3. The van der Waals surface area contributed by atoms with Gasteiger partial charge in [0.05, 0.1) is 11.5 Å². The predicted octanol–water partition coefficient (Wildman–Crippen LogP) is 3.86. The van der Waals surface area contributed by atoms with Gasteiger partial charge in [0, 0.05) is 16.9 Å². The molecule has 0 atom stereocenters. The van der Waals surface area contributed by atoms with Crippen LogP contribution < -0.4 is 0 Å². The van der Waals surface area contributed by atoms with Gasteiger partial charge in [0.15, 0.2) is 0 Å². The summed E-state index contributed by atoms with van der Waals surface area (Å²) in [5, 5.41) is 0. The highest BCUT2D eigenvalue weighted by molar-refractivity contribution is 9.10. The Morgan fingerprint density at radius 1 is 1.40 bits per heavy atom. The highest BCUT2D eigenvalue weighted by Crippen LogP contribution is 2.49. The summed E-state index contributed by atoms with van der Waals surface area (Å²) >= 11 is 3.44. The molecule has 0 spiro atoms. The molecule has 0 saturated heterocycles. The molecular weight excluding hydrogens is 330 g/mol. The first kappa shape index (κ1) is 13.7. The van der Waals surface area contributed by atoms with Crippen LogP contribution in [-0.4, -0.2) is 22.7 Å². The van der Waals surface area contributed by atoms with Crippen LogP contribution in [0.4, 0.5) is 8.78 Å². The number of aromatic nitrogens is 2. The number of H-pyrrole nitrogens is 1. The van der Waals surface area contributed by atoms with Crippen molar-refractivity contribution < 1.29 is 13.5 Å². The SMILES string of the molecule is FC(F)OC1CC(c2cccc(Br)c2)(c2ncc[nH]2)C1. The lowest BCUT2D eigenvalue weighted by Gasteiger charge is -2.46. The van der Waals surface area contributed by atoms with Crippen molar-refractivity contribution >= 4 is 15.9 Å². The Labute approximate surface area is 123 Å². The highest BCUT2D eigenvalue weighted by atomic mass is 79.9. The molecule has 0 aliphatic heterocycles. The summed E-state index contributed by atoms with van der Waals surface area (Å²) in [4.78, 5) is 7.42. The molecule has 3 rings (SSSR count). The van der Waals surface area contributed by atoms with E-state index in [-0.39, 0.29) is 5.41 Å². The van der Waals surface area contributed by atoms with Gasteiger partial charge in [-0.1, -0.05) is 28.1 Å². The molecule has 1 aliphatic rings. The summed E-state index contributed by atoms with van der Waals surface area (Å²) in [6.07, 6.45) is 3.99. The Morgan fingerprint density at radius 3 is 2.80 bits per heavy atom. The Morgan fingerprint density at radius 2 is 2.20 bits per heavy atom. The number of nitrogens with one attached hydrogen (secondary N) is 1. The van der Waals surface area contributed by atoms with Gasteiger partial charge in [0.25, 0.3) is 0 Å². The summed E-state index contributed by atoms with van der Waals surface area (Å²) in [6, 6.07) is 7.86. The van der Waals surface area contributed by atoms with Gasteiger partial charge in [-0.3, -0.25) is 0 Å². The molecule has 3 nitrogen and oxygen atoms in total. The monoisotopic (exact) mass is 342 g/mol. The van der Waals surface area contributed by atoms with Gasteiger partial charge in [-0.2, -0.15) is 8.78 Å². The number of hydrogen-bond acceptors (Lipinski definition) is 2. The molecule has 0 unspecified atom stereocenters. The van der Waals surface area contributed by atoms with E-state index < -0.39 is 12.7 Å². The van der Waals surface area contributed by atoms with Crippen LogP contribution in [0.25, 0.3) is 0 Å². The summed E-state index contributed by atoms with van der Waals surface area (Å²) in [6.45, 7) is -2.72. The van der Waals surface area contributed by atoms with Crippen LogP contribution in [0, 0.1) is 0 Å². The van der Waals surface area contributed by atoms with E-state index in [9.17, 15) is 8.78 Å². The molecule has 106 valence electrons. The molecule has 6 heteroatoms. The summed E-state index contributed by atoms with van der Waals surface area (Å²) in [5.74, 6) is 0.796. The first-order valence-corrected chi connectivity index (χ1v) is 7.09. The van der Waals surface area contributed by atoms with Gasteiger partial charge in [0.2, 0.25) is 0 Å². The standard InChI is InChI=1S/C14H13BrF2N2O/c15-10-3-1-2-9(6-10)14(12-18-4-5-19-12)7-11(8-14)20-13(16)17/h1-6,11,13H,7-8H2,(H,18,19). The van der Waals surface area contributed by atoms with Crippen molar-refractivity contribution in [3.8, 4) is 0 Å². The van der Waals surface area contributed by atoms with Crippen molar-refractivity contribution in [1.29, 1.82) is 0 Å². The second-order valence-electron chi connectivity index (χ2n) is 4.96. The number of rotatable bonds is 4. The van der Waals surface area contributed by atoms with E-state index >= 15 is 0 Å². The number of hydrogen-bond donors (Lipinski definition) is 1. The number of nitrogens with zero attached hydrogens (tertiary/aromatic N) is 1. The fourth-order valence-corrected chi connectivity index (χ4v) is 3.24. The van der Waals surface area contributed by atoms with Gasteiger partial charge in [0.1, 0.15) is 5.82 Å². The van der Waals surface area contributed by atoms with Gasteiger partial charge >= 0.3 is 6.61 Å². The molecule has 0 amide bonds. The average molecular weight is 343 g/mol. The van der Waals surface area contributed by atoms with E-state index in [4.69, 9.17) is 0 Å². The number of ether oxygens (including phenoxy) is 1. The average Bonchev–Trinajstić information content (AvgIpc) is 2.86. The Balaban J connectivity index is 1.91. The molecule has 1 saturated carbocycles. The molecule has 1 heterocycles. The fourth-order valence-electron chi connectivity index (χ4n) is 2.84. The molecule has 0 bridgehead atoms. The van der Waals surface area contributed by atoms with Crippen molar-refractivity contribution in [3.05, 3.63) is 52.5 Å². The molecule has 2 aromatic rings. The third-order valence-corrected chi connectivity index (χ3v) is 4.27. The third kappa shape index (κ3) is 2.38. The van der Waals surface area contributed by atoms with Gasteiger partial charge in [-0.15, -0.1) is 0 Å². The quantitative estimate of drug-likeness (QED) is 0.916. The lowest BCUT2D eigenvalue weighted by atomic mass is 9.62. The van der Waals surface area contributed by atoms with Crippen LogP contribution in [0.2, 0.25) is 0 Å². The summed E-state index contributed by atoms with van der Waals surface area (Å²) in [5.41, 5.74) is 0.684. The van der Waals surface area contributed by atoms with Crippen LogP contribution >= 0.6 is 15.9 Å². The number of benzene rings is 1. The zero-order chi connectivity index (χ0) is 14.2. The molecule has 1 aromatic carbocycles. The van der Waals surface area contributed by atoms with E-state index in [1.807, 2.05) is 24.3 Å². The zero-order valence-electron chi connectivity index (χ0n) is 10.5. The molecule has 0 radical (unpaired) electrons. The smallest absolute Gasteiger partial charge is 0.345 e. The van der Waals surface area contributed by atoms with E-state index in [2.05, 4.69) is 30.6 Å². The van der Waals surface area contributed by atoms with E-state index in [0.29, 0.717) is 12.8 Å². The molecule has 20 heavy (non-hydrogen) atoms. The normalized spacial score (nSPS) is 25.7. The van der Waals surface area contributed by atoms with Gasteiger partial charge < -0.3 is 9.72 Å². The second kappa shape index (κ2) is 5.26. The van der Waals surface area contributed by atoms with E-state index in [1.165, 1.54) is 0 Å². The largest absolute Gasteiger partial charge is 0.348 e. The number of aromatic amines is 1. The maximum atomic E-state index is 12.3. The number of alkyl halides is 2. The van der Waals surface area contributed by atoms with Crippen LogP contribution in [0.3, 0.4) is 0 Å². The van der Waals surface area contributed by atoms with Crippen molar-refractivity contribution in [2.75, 3.05) is 0 Å². The van der Waals surface area contributed by atoms with Crippen molar-refractivity contribution in [2.45, 2.75) is 31.0 Å². The molecule has 1 N–H and O–H groups in total. The minimum Gasteiger partial charge on any atom is -0.348 e. The minimum atomic E-state index is -2.72. The maximum Gasteiger partial charge on any atom is 0.345 e. The topological polar surface area (TPSA) is 37.9 Å². The first-order chi connectivity index (χ1) is 9.60. The highest BCUT2D eigenvalue weighted by Gasteiger charge is 2.50. The lowest BCUT2D eigenvalue weighted by Crippen LogP contribution is -2.48. The lowest BCUT2D eigenvalue weighted by molar-refractivity contribution is -0.192. The van der Waals surface area contributed by atoms with Crippen LogP contribution in [-0.2, 0) is 10.2 Å². The predicted molar refractivity (Wildman–Crippen MR) is 73.6 cm³/mol. The summed E-state index contributed by atoms with van der Waals surface area (Å²) in [7, 11) is 0. The van der Waals surface area contributed by atoms with E-state index in [1.54, 1.807) is 12.4 Å². The second-order valence-corrected chi connectivity index (χ2v) is 5.87. The van der Waals surface area contributed by atoms with Crippen molar-refractivity contribution in [3.63, 3.8) is 0 Å². The third-order valence-electron chi connectivity index (χ3n) is 3.78. The molecule has 1 fully saturated rings. The van der Waals surface area contributed by atoms with Crippen LogP contribution in [0.1, 0.15) is 24.2 Å². The molecular formula is C14H13BrF2N2O. The Bertz CT molecular complexity index is 583. The zero-order valence-corrected chi connectivity index (χ0v) is 12.1. The van der Waals surface area contributed by atoms with Crippen LogP contribution in [0.5, 0.6) is 0 Å². The Hall–Kier alpha value is -1.27. The van der Waals surface area contributed by atoms with Gasteiger partial charge in [-0.25, -0.2) is 4.98 Å².